The summed E-state index contributed by atoms with van der Waals surface area (Å²) in [7, 11) is 0. The molecule has 0 spiro atoms. The number of ketones is 1. The summed E-state index contributed by atoms with van der Waals surface area (Å²) < 4.78 is 0. The first-order valence-corrected chi connectivity index (χ1v) is 12.8. The Kier molecular flexibility index (Phi) is 7.86. The number of amides is 1. The quantitative estimate of drug-likeness (QED) is 0.501. The minimum Gasteiger partial charge on any atom is -0.366 e. The van der Waals surface area contributed by atoms with Crippen molar-refractivity contribution in [1.29, 1.82) is 0 Å². The van der Waals surface area contributed by atoms with E-state index in [2.05, 4.69) is 56.0 Å². The summed E-state index contributed by atoms with van der Waals surface area (Å²) in [4.78, 5) is 43.2. The van der Waals surface area contributed by atoms with Crippen molar-refractivity contribution in [2.45, 2.75) is 47.0 Å². The van der Waals surface area contributed by atoms with Gasteiger partial charge in [-0.25, -0.2) is 4.98 Å². The van der Waals surface area contributed by atoms with Crippen molar-refractivity contribution < 1.29 is 9.59 Å². The van der Waals surface area contributed by atoms with Gasteiger partial charge in [-0.15, -0.1) is 0 Å². The van der Waals surface area contributed by atoms with E-state index in [1.54, 1.807) is 36.9 Å². The molecule has 8 nitrogen and oxygen atoms in total. The number of carbonyl (C=O) groups excluding carboxylic acids is 2. The van der Waals surface area contributed by atoms with Gasteiger partial charge in [0.15, 0.2) is 0 Å². The number of carbonyl (C=O) groups is 2. The molecule has 1 amide bonds. The molecule has 37 heavy (non-hydrogen) atoms. The number of piperazine rings is 1. The first kappa shape index (κ1) is 26.3. The number of Topliss-reactive ketones (excluding diaryl/α,β-unsaturated/α-hetero) is 1. The topological polar surface area (TPSA) is 91.3 Å². The molecule has 4 rings (SSSR count). The van der Waals surface area contributed by atoms with Crippen molar-refractivity contribution in [3.8, 4) is 0 Å². The van der Waals surface area contributed by atoms with Crippen molar-refractivity contribution in [2.24, 2.45) is 5.41 Å². The maximum absolute atomic E-state index is 13.3. The van der Waals surface area contributed by atoms with Gasteiger partial charge in [0.05, 0.1) is 17.6 Å². The van der Waals surface area contributed by atoms with Crippen molar-refractivity contribution in [1.82, 2.24) is 15.0 Å². The van der Waals surface area contributed by atoms with Crippen molar-refractivity contribution in [2.75, 3.05) is 41.3 Å². The van der Waals surface area contributed by atoms with Crippen LogP contribution in [0.15, 0.2) is 55.1 Å². The van der Waals surface area contributed by atoms with Crippen LogP contribution in [-0.2, 0) is 11.2 Å². The molecule has 0 bridgehead atoms. The van der Waals surface area contributed by atoms with Gasteiger partial charge in [-0.1, -0.05) is 40.7 Å². The second-order valence-corrected chi connectivity index (χ2v) is 10.8. The minimum atomic E-state index is -0.454. The molecule has 8 heteroatoms. The highest BCUT2D eigenvalue weighted by Crippen LogP contribution is 2.32. The van der Waals surface area contributed by atoms with Crippen molar-refractivity contribution in [3.05, 3.63) is 71.9 Å². The van der Waals surface area contributed by atoms with E-state index in [0.717, 1.165) is 43.4 Å². The molecule has 3 aromatic rings. The van der Waals surface area contributed by atoms with Crippen LogP contribution in [0.1, 0.15) is 62.2 Å². The molecule has 1 saturated heterocycles. The van der Waals surface area contributed by atoms with Gasteiger partial charge in [-0.2, -0.15) is 0 Å². The first-order valence-electron chi connectivity index (χ1n) is 12.8. The molecule has 2 aromatic heterocycles. The van der Waals surface area contributed by atoms with Gasteiger partial charge in [-0.05, 0) is 35.7 Å². The Morgan fingerprint density at radius 3 is 2.32 bits per heavy atom. The molecule has 1 aromatic carbocycles. The van der Waals surface area contributed by atoms with Gasteiger partial charge in [0.1, 0.15) is 11.6 Å². The maximum Gasteiger partial charge on any atom is 0.255 e. The summed E-state index contributed by atoms with van der Waals surface area (Å²) in [5, 5.41) is 3.11. The van der Waals surface area contributed by atoms with Crippen LogP contribution in [0.25, 0.3) is 0 Å². The lowest BCUT2D eigenvalue weighted by Crippen LogP contribution is -2.47. The summed E-state index contributed by atoms with van der Waals surface area (Å²) in [5.74, 6) is 1.12. The normalized spacial score (nSPS) is 14.1. The summed E-state index contributed by atoms with van der Waals surface area (Å²) in [6, 6.07) is 9.63. The average Bonchev–Trinajstić information content (AvgIpc) is 2.89. The second-order valence-electron chi connectivity index (χ2n) is 10.8. The van der Waals surface area contributed by atoms with E-state index in [0.29, 0.717) is 17.2 Å². The fourth-order valence-electron chi connectivity index (χ4n) is 4.25. The lowest BCUT2D eigenvalue weighted by Gasteiger charge is -2.37. The zero-order valence-electron chi connectivity index (χ0n) is 22.4. The van der Waals surface area contributed by atoms with E-state index >= 15 is 0 Å². The summed E-state index contributed by atoms with van der Waals surface area (Å²) in [6.45, 7) is 13.2. The fourth-order valence-corrected chi connectivity index (χ4v) is 4.25. The molecule has 194 valence electrons. The molecule has 3 heterocycles. The standard InChI is InChI=1S/C29H36N6O2/c1-20(2)21-6-7-24(25(17-21)34-12-14-35(15-13-34)27-19-30-10-11-32-27)33-28(37)22-8-9-31-23(16-22)18-26(36)29(3,4)5/h6-11,16-17,19-20H,12-15,18H2,1-5H3,(H,33,37). The third kappa shape index (κ3) is 6.50. The lowest BCUT2D eigenvalue weighted by atomic mass is 9.88. The van der Waals surface area contributed by atoms with Gasteiger partial charge in [0.2, 0.25) is 0 Å². The molecule has 1 N–H and O–H groups in total. The third-order valence-corrected chi connectivity index (χ3v) is 6.69. The van der Waals surface area contributed by atoms with E-state index in [1.165, 1.54) is 5.56 Å². The van der Waals surface area contributed by atoms with Crippen molar-refractivity contribution in [3.63, 3.8) is 0 Å². The zero-order chi connectivity index (χ0) is 26.6. The highest BCUT2D eigenvalue weighted by atomic mass is 16.1. The number of aromatic nitrogens is 3. The molecule has 0 radical (unpaired) electrons. The Hall–Kier alpha value is -3.81. The smallest absolute Gasteiger partial charge is 0.255 e. The number of rotatable bonds is 7. The van der Waals surface area contributed by atoms with Crippen LogP contribution in [0.3, 0.4) is 0 Å². The number of nitrogens with one attached hydrogen (secondary N) is 1. The number of pyridine rings is 1. The monoisotopic (exact) mass is 500 g/mol. The Labute approximate surface area is 219 Å². The van der Waals surface area contributed by atoms with Crippen LogP contribution in [-0.4, -0.2) is 52.8 Å². The summed E-state index contributed by atoms with van der Waals surface area (Å²) in [6.07, 6.45) is 6.98. The predicted octanol–water partition coefficient (Wildman–Crippen LogP) is 4.73. The van der Waals surface area contributed by atoms with E-state index in [1.807, 2.05) is 26.8 Å². The Morgan fingerprint density at radius 1 is 0.946 bits per heavy atom. The number of hydrogen-bond acceptors (Lipinski definition) is 7. The number of hydrogen-bond donors (Lipinski definition) is 1. The van der Waals surface area contributed by atoms with Gasteiger partial charge in [0.25, 0.3) is 5.91 Å². The molecular weight excluding hydrogens is 464 g/mol. The second kappa shape index (κ2) is 11.1. The molecule has 1 aliphatic heterocycles. The molecule has 1 aliphatic rings. The van der Waals surface area contributed by atoms with E-state index in [-0.39, 0.29) is 18.1 Å². The predicted molar refractivity (Wildman–Crippen MR) is 147 cm³/mol. The highest BCUT2D eigenvalue weighted by molar-refractivity contribution is 6.06. The van der Waals surface area contributed by atoms with Gasteiger partial charge >= 0.3 is 0 Å². The first-order chi connectivity index (χ1) is 17.6. The van der Waals surface area contributed by atoms with Gasteiger partial charge in [-0.3, -0.25) is 19.6 Å². The van der Waals surface area contributed by atoms with Gasteiger partial charge < -0.3 is 15.1 Å². The van der Waals surface area contributed by atoms with Crippen LogP contribution in [0.4, 0.5) is 17.2 Å². The Morgan fingerprint density at radius 2 is 1.68 bits per heavy atom. The third-order valence-electron chi connectivity index (χ3n) is 6.69. The Bertz CT molecular complexity index is 1240. The molecule has 1 fully saturated rings. The number of nitrogens with zero attached hydrogens (tertiary/aromatic N) is 5. The average molecular weight is 501 g/mol. The lowest BCUT2D eigenvalue weighted by molar-refractivity contribution is -0.125. The van der Waals surface area contributed by atoms with Crippen molar-refractivity contribution >= 4 is 28.9 Å². The van der Waals surface area contributed by atoms with E-state index < -0.39 is 5.41 Å². The van der Waals surface area contributed by atoms with Crippen LogP contribution in [0.2, 0.25) is 0 Å². The number of anilines is 3. The van der Waals surface area contributed by atoms with E-state index in [9.17, 15) is 9.59 Å². The SMILES string of the molecule is CC(C)c1ccc(NC(=O)c2ccnc(CC(=O)C(C)(C)C)c2)c(N2CCN(c3cnccn3)CC2)c1. The molecule has 0 atom stereocenters. The number of benzene rings is 1. The molecular formula is C29H36N6O2. The van der Waals surface area contributed by atoms with Crippen LogP contribution >= 0.6 is 0 Å². The largest absolute Gasteiger partial charge is 0.366 e. The highest BCUT2D eigenvalue weighted by Gasteiger charge is 2.24. The van der Waals surface area contributed by atoms with Crippen LogP contribution in [0, 0.1) is 5.41 Å². The maximum atomic E-state index is 13.3. The molecule has 0 aliphatic carbocycles. The van der Waals surface area contributed by atoms with Crippen LogP contribution in [0.5, 0.6) is 0 Å². The molecule has 0 unspecified atom stereocenters. The van der Waals surface area contributed by atoms with E-state index in [4.69, 9.17) is 0 Å². The summed E-state index contributed by atoms with van der Waals surface area (Å²) in [5.41, 5.74) is 3.63. The fraction of sp³-hybridized carbons (Fsp3) is 0.414. The minimum absolute atomic E-state index is 0.0877. The zero-order valence-corrected chi connectivity index (χ0v) is 22.4. The summed E-state index contributed by atoms with van der Waals surface area (Å²) >= 11 is 0. The van der Waals surface area contributed by atoms with Gasteiger partial charge in [0, 0.05) is 67.9 Å². The van der Waals surface area contributed by atoms with Crippen LogP contribution < -0.4 is 15.1 Å². The molecule has 0 saturated carbocycles. The Balaban J connectivity index is 1.52.